The minimum atomic E-state index is 0.832. The predicted molar refractivity (Wildman–Crippen MR) is 89.7 cm³/mol. The van der Waals surface area contributed by atoms with Crippen molar-refractivity contribution in [2.24, 2.45) is 0 Å². The smallest absolute Gasteiger partial charge is 0.0491 e. The lowest BCUT2D eigenvalue weighted by Crippen LogP contribution is -2.17. The van der Waals surface area contributed by atoms with Gasteiger partial charge < -0.3 is 9.88 Å². The monoisotopic (exact) mass is 278 g/mol. The van der Waals surface area contributed by atoms with Crippen LogP contribution < -0.4 is 5.32 Å². The van der Waals surface area contributed by atoms with Crippen molar-refractivity contribution < 1.29 is 0 Å². The molecule has 1 fully saturated rings. The summed E-state index contributed by atoms with van der Waals surface area (Å²) in [6, 6.07) is 18.4. The van der Waals surface area contributed by atoms with E-state index in [1.165, 1.54) is 54.0 Å². The predicted octanol–water partition coefficient (Wildman–Crippen LogP) is 4.33. The SMILES string of the molecule is c1ccc2c(c1)c1ccccc1n2CCCCNC1CC1. The zero-order valence-electron chi connectivity index (χ0n) is 12.4. The lowest BCUT2D eigenvalue weighted by molar-refractivity contribution is 0.581. The summed E-state index contributed by atoms with van der Waals surface area (Å²) in [5.74, 6) is 0. The summed E-state index contributed by atoms with van der Waals surface area (Å²) in [6.07, 6.45) is 5.26. The molecule has 4 rings (SSSR count). The van der Waals surface area contributed by atoms with Crippen LogP contribution in [0, 0.1) is 0 Å². The molecule has 1 aromatic heterocycles. The first-order valence-electron chi connectivity index (χ1n) is 8.13. The van der Waals surface area contributed by atoms with Gasteiger partial charge in [-0.15, -0.1) is 0 Å². The molecule has 0 saturated heterocycles. The van der Waals surface area contributed by atoms with Crippen LogP contribution in [0.25, 0.3) is 21.8 Å². The van der Waals surface area contributed by atoms with Gasteiger partial charge in [-0.1, -0.05) is 36.4 Å². The molecule has 1 saturated carbocycles. The average molecular weight is 278 g/mol. The third kappa shape index (κ3) is 2.56. The van der Waals surface area contributed by atoms with E-state index < -0.39 is 0 Å². The average Bonchev–Trinajstić information content (AvgIpc) is 3.30. The molecule has 108 valence electrons. The zero-order chi connectivity index (χ0) is 14.1. The lowest BCUT2D eigenvalue weighted by atomic mass is 10.2. The number of rotatable bonds is 6. The Balaban J connectivity index is 1.56. The highest BCUT2D eigenvalue weighted by Crippen LogP contribution is 2.28. The van der Waals surface area contributed by atoms with Gasteiger partial charge in [-0.05, 0) is 44.4 Å². The summed E-state index contributed by atoms with van der Waals surface area (Å²) < 4.78 is 2.49. The van der Waals surface area contributed by atoms with Crippen molar-refractivity contribution in [2.75, 3.05) is 6.54 Å². The minimum absolute atomic E-state index is 0.832. The van der Waals surface area contributed by atoms with Gasteiger partial charge in [0, 0.05) is 34.4 Å². The molecule has 0 spiro atoms. The Labute approximate surface area is 125 Å². The molecule has 1 aliphatic rings. The van der Waals surface area contributed by atoms with Crippen molar-refractivity contribution >= 4 is 21.8 Å². The summed E-state index contributed by atoms with van der Waals surface area (Å²) in [4.78, 5) is 0. The third-order valence-corrected chi connectivity index (χ3v) is 4.50. The van der Waals surface area contributed by atoms with Crippen LogP contribution in [0.4, 0.5) is 0 Å². The van der Waals surface area contributed by atoms with E-state index in [0.717, 1.165) is 12.6 Å². The second kappa shape index (κ2) is 5.53. The van der Waals surface area contributed by atoms with Gasteiger partial charge in [0.15, 0.2) is 0 Å². The van der Waals surface area contributed by atoms with E-state index in [2.05, 4.69) is 58.4 Å². The minimum Gasteiger partial charge on any atom is -0.340 e. The van der Waals surface area contributed by atoms with Gasteiger partial charge in [0.05, 0.1) is 0 Å². The normalized spacial score (nSPS) is 15.0. The van der Waals surface area contributed by atoms with Gasteiger partial charge in [-0.3, -0.25) is 0 Å². The van der Waals surface area contributed by atoms with E-state index in [0.29, 0.717) is 0 Å². The van der Waals surface area contributed by atoms with E-state index in [4.69, 9.17) is 0 Å². The first-order valence-corrected chi connectivity index (χ1v) is 8.13. The quantitative estimate of drug-likeness (QED) is 0.664. The van der Waals surface area contributed by atoms with Crippen molar-refractivity contribution in [3.05, 3.63) is 48.5 Å². The van der Waals surface area contributed by atoms with Crippen molar-refractivity contribution in [3.8, 4) is 0 Å². The number of hydrogen-bond acceptors (Lipinski definition) is 1. The van der Waals surface area contributed by atoms with Gasteiger partial charge in [0.1, 0.15) is 0 Å². The van der Waals surface area contributed by atoms with E-state index >= 15 is 0 Å². The second-order valence-electron chi connectivity index (χ2n) is 6.12. The first-order chi connectivity index (χ1) is 10.4. The van der Waals surface area contributed by atoms with Crippen molar-refractivity contribution in [1.29, 1.82) is 0 Å². The van der Waals surface area contributed by atoms with Gasteiger partial charge in [-0.2, -0.15) is 0 Å². The molecule has 2 aromatic carbocycles. The Morgan fingerprint density at radius 3 is 2.10 bits per heavy atom. The fourth-order valence-electron chi connectivity index (χ4n) is 3.23. The third-order valence-electron chi connectivity index (χ3n) is 4.50. The van der Waals surface area contributed by atoms with Crippen LogP contribution in [0.5, 0.6) is 0 Å². The Bertz CT molecular complexity index is 699. The molecule has 0 radical (unpaired) electrons. The maximum Gasteiger partial charge on any atom is 0.0491 e. The van der Waals surface area contributed by atoms with Gasteiger partial charge in [0.25, 0.3) is 0 Å². The zero-order valence-corrected chi connectivity index (χ0v) is 12.4. The molecule has 21 heavy (non-hydrogen) atoms. The molecule has 0 amide bonds. The number of fused-ring (bicyclic) bond motifs is 3. The lowest BCUT2D eigenvalue weighted by Gasteiger charge is -2.08. The number of aromatic nitrogens is 1. The number of nitrogens with zero attached hydrogens (tertiary/aromatic N) is 1. The maximum absolute atomic E-state index is 3.60. The van der Waals surface area contributed by atoms with E-state index in [-0.39, 0.29) is 0 Å². The number of nitrogens with one attached hydrogen (secondary N) is 1. The number of benzene rings is 2. The molecule has 0 atom stereocenters. The van der Waals surface area contributed by atoms with Gasteiger partial charge >= 0.3 is 0 Å². The Hall–Kier alpha value is -1.80. The fourth-order valence-corrected chi connectivity index (χ4v) is 3.23. The Morgan fingerprint density at radius 2 is 1.48 bits per heavy atom. The summed E-state index contributed by atoms with van der Waals surface area (Å²) in [7, 11) is 0. The number of aryl methyl sites for hydroxylation is 1. The summed E-state index contributed by atoms with van der Waals surface area (Å²) in [5.41, 5.74) is 2.74. The molecule has 3 aromatic rings. The standard InChI is InChI=1S/C19H22N2/c1-3-9-18-16(7-1)17-8-2-4-10-19(17)21(18)14-6-5-13-20-15-11-12-15/h1-4,7-10,15,20H,5-6,11-14H2. The summed E-state index contributed by atoms with van der Waals surface area (Å²) >= 11 is 0. The molecular weight excluding hydrogens is 256 g/mol. The molecule has 1 aliphatic carbocycles. The van der Waals surface area contributed by atoms with Crippen LogP contribution in [0.1, 0.15) is 25.7 Å². The van der Waals surface area contributed by atoms with Crippen molar-refractivity contribution in [1.82, 2.24) is 9.88 Å². The molecular formula is C19H22N2. The van der Waals surface area contributed by atoms with Crippen molar-refractivity contribution in [3.63, 3.8) is 0 Å². The van der Waals surface area contributed by atoms with Crippen LogP contribution in [0.3, 0.4) is 0 Å². The van der Waals surface area contributed by atoms with Crippen LogP contribution in [0.2, 0.25) is 0 Å². The summed E-state index contributed by atoms with van der Waals surface area (Å²) in [5, 5.41) is 6.36. The molecule has 0 bridgehead atoms. The first kappa shape index (κ1) is 12.9. The highest BCUT2D eigenvalue weighted by atomic mass is 15.0. The van der Waals surface area contributed by atoms with Crippen LogP contribution in [-0.4, -0.2) is 17.2 Å². The number of hydrogen-bond donors (Lipinski definition) is 1. The highest BCUT2D eigenvalue weighted by molar-refractivity contribution is 6.07. The molecule has 1 heterocycles. The second-order valence-corrected chi connectivity index (χ2v) is 6.12. The van der Waals surface area contributed by atoms with E-state index in [9.17, 15) is 0 Å². The van der Waals surface area contributed by atoms with Crippen LogP contribution in [0.15, 0.2) is 48.5 Å². The highest BCUT2D eigenvalue weighted by Gasteiger charge is 2.19. The van der Waals surface area contributed by atoms with Crippen LogP contribution >= 0.6 is 0 Å². The van der Waals surface area contributed by atoms with Gasteiger partial charge in [-0.25, -0.2) is 0 Å². The van der Waals surface area contributed by atoms with E-state index in [1.807, 2.05) is 0 Å². The topological polar surface area (TPSA) is 17.0 Å². The van der Waals surface area contributed by atoms with E-state index in [1.54, 1.807) is 0 Å². The Morgan fingerprint density at radius 1 is 0.857 bits per heavy atom. The molecule has 2 heteroatoms. The van der Waals surface area contributed by atoms with Crippen molar-refractivity contribution in [2.45, 2.75) is 38.3 Å². The molecule has 1 N–H and O–H groups in total. The molecule has 0 aliphatic heterocycles. The molecule has 2 nitrogen and oxygen atoms in total. The summed E-state index contributed by atoms with van der Waals surface area (Å²) in [6.45, 7) is 2.28. The number of para-hydroxylation sites is 2. The van der Waals surface area contributed by atoms with Gasteiger partial charge in [0.2, 0.25) is 0 Å². The number of unbranched alkanes of at least 4 members (excludes halogenated alkanes) is 1. The molecule has 0 unspecified atom stereocenters. The largest absolute Gasteiger partial charge is 0.340 e. The Kier molecular flexibility index (Phi) is 3.40. The fraction of sp³-hybridized carbons (Fsp3) is 0.368. The van der Waals surface area contributed by atoms with Crippen LogP contribution in [-0.2, 0) is 6.54 Å². The maximum atomic E-state index is 3.60.